The molecule has 0 aromatic rings. The molecule has 0 bridgehead atoms. The molecule has 0 saturated carbocycles. The van der Waals surface area contributed by atoms with Crippen LogP contribution < -0.4 is 0 Å². The Morgan fingerprint density at radius 1 is 1.27 bits per heavy atom. The van der Waals surface area contributed by atoms with Crippen LogP contribution in [0.3, 0.4) is 0 Å². The van der Waals surface area contributed by atoms with Crippen LogP contribution in [0.15, 0.2) is 0 Å². The third-order valence-corrected chi connectivity index (χ3v) is 5.99. The summed E-state index contributed by atoms with van der Waals surface area (Å²) in [7, 11) is -1.27. The molecule has 11 heavy (non-hydrogen) atoms. The van der Waals surface area contributed by atoms with E-state index in [1.165, 1.54) is 0 Å². The van der Waals surface area contributed by atoms with Crippen molar-refractivity contribution in [1.82, 2.24) is 0 Å². The van der Waals surface area contributed by atoms with Crippen molar-refractivity contribution in [2.24, 2.45) is 0 Å². The Labute approximate surface area is 85.2 Å². The summed E-state index contributed by atoms with van der Waals surface area (Å²) in [5.74, 6) is 0. The lowest BCUT2D eigenvalue weighted by atomic mass is 10.4. The molecule has 0 fully saturated rings. The van der Waals surface area contributed by atoms with Crippen molar-refractivity contribution in [2.45, 2.75) is 42.3 Å². The van der Waals surface area contributed by atoms with E-state index in [2.05, 4.69) is 19.6 Å². The summed E-state index contributed by atoms with van der Waals surface area (Å²) < 4.78 is -0.674. The fraction of sp³-hybridized carbons (Fsp3) is 1.00. The van der Waals surface area contributed by atoms with Crippen LogP contribution in [0.2, 0.25) is 19.6 Å². The second-order valence-electron chi connectivity index (χ2n) is 4.11. The molecule has 0 aliphatic rings. The molecule has 0 nitrogen and oxygen atoms in total. The first-order valence-corrected chi connectivity index (χ1v) is 8.42. The molecule has 0 aromatic heterocycles. The highest BCUT2D eigenvalue weighted by Gasteiger charge is 2.30. The lowest BCUT2D eigenvalue weighted by Crippen LogP contribution is -2.37. The molecule has 0 aliphatic heterocycles. The van der Waals surface area contributed by atoms with Gasteiger partial charge in [0, 0.05) is 5.00 Å². The van der Waals surface area contributed by atoms with Gasteiger partial charge < -0.3 is 0 Å². The number of halogens is 3. The average Bonchev–Trinajstić information content (AvgIpc) is 1.56. The standard InChI is InChI=1S/C7H15Cl3Si/c1-7(9,10)5-6(8)11(2,3)4/h6H,5H2,1-4H3. The van der Waals surface area contributed by atoms with E-state index < -0.39 is 12.4 Å². The highest BCUT2D eigenvalue weighted by molar-refractivity contribution is 6.84. The van der Waals surface area contributed by atoms with Crippen LogP contribution in [0.5, 0.6) is 0 Å². The SMILES string of the molecule is CC(Cl)(Cl)CC(Cl)[Si](C)(C)C. The first kappa shape index (κ1) is 12.1. The van der Waals surface area contributed by atoms with Gasteiger partial charge in [0.25, 0.3) is 0 Å². The van der Waals surface area contributed by atoms with Crippen LogP contribution in [-0.4, -0.2) is 17.4 Å². The first-order valence-electron chi connectivity index (χ1n) is 3.65. The van der Waals surface area contributed by atoms with Crippen LogP contribution >= 0.6 is 34.8 Å². The summed E-state index contributed by atoms with van der Waals surface area (Å²) >= 11 is 17.8. The van der Waals surface area contributed by atoms with Crippen molar-refractivity contribution in [3.05, 3.63) is 0 Å². The molecule has 0 amide bonds. The molecule has 0 N–H and O–H groups in total. The minimum atomic E-state index is -1.27. The average molecular weight is 234 g/mol. The Kier molecular flexibility index (Phi) is 4.25. The molecule has 68 valence electrons. The second kappa shape index (κ2) is 3.86. The summed E-state index contributed by atoms with van der Waals surface area (Å²) in [6.07, 6.45) is 0.674. The van der Waals surface area contributed by atoms with E-state index in [0.29, 0.717) is 6.42 Å². The predicted molar refractivity (Wildman–Crippen MR) is 57.7 cm³/mol. The molecular weight excluding hydrogens is 219 g/mol. The molecule has 0 saturated heterocycles. The monoisotopic (exact) mass is 232 g/mol. The zero-order chi connectivity index (χ0) is 9.28. The van der Waals surface area contributed by atoms with Crippen molar-refractivity contribution >= 4 is 42.9 Å². The molecule has 1 unspecified atom stereocenters. The molecule has 0 radical (unpaired) electrons. The van der Waals surface area contributed by atoms with Gasteiger partial charge in [0.15, 0.2) is 0 Å². The highest BCUT2D eigenvalue weighted by atomic mass is 35.5. The van der Waals surface area contributed by atoms with E-state index in [-0.39, 0.29) is 5.00 Å². The van der Waals surface area contributed by atoms with E-state index in [0.717, 1.165) is 0 Å². The summed E-state index contributed by atoms with van der Waals surface area (Å²) in [6, 6.07) is 0. The van der Waals surface area contributed by atoms with Crippen molar-refractivity contribution in [1.29, 1.82) is 0 Å². The lowest BCUT2D eigenvalue weighted by molar-refractivity contribution is 0.786. The third-order valence-electron chi connectivity index (χ3n) is 1.48. The van der Waals surface area contributed by atoms with E-state index in [1.807, 2.05) is 0 Å². The zero-order valence-corrected chi connectivity index (χ0v) is 10.7. The Bertz CT molecular complexity index is 123. The van der Waals surface area contributed by atoms with Crippen LogP contribution in [0, 0.1) is 0 Å². The number of hydrogen-bond acceptors (Lipinski definition) is 0. The molecular formula is C7H15Cl3Si. The van der Waals surface area contributed by atoms with Gasteiger partial charge in [0.1, 0.15) is 4.33 Å². The lowest BCUT2D eigenvalue weighted by Gasteiger charge is -2.26. The fourth-order valence-corrected chi connectivity index (χ4v) is 2.68. The maximum absolute atomic E-state index is 6.13. The second-order valence-corrected chi connectivity index (χ2v) is 12.3. The van der Waals surface area contributed by atoms with E-state index in [1.54, 1.807) is 6.92 Å². The summed E-state index contributed by atoms with van der Waals surface area (Å²) in [6.45, 7) is 8.42. The van der Waals surface area contributed by atoms with Gasteiger partial charge in [0.05, 0.1) is 8.07 Å². The van der Waals surface area contributed by atoms with Gasteiger partial charge in [-0.15, -0.1) is 34.8 Å². The van der Waals surface area contributed by atoms with Crippen molar-refractivity contribution < 1.29 is 0 Å². The summed E-state index contributed by atoms with van der Waals surface area (Å²) in [5.41, 5.74) is 0. The smallest absolute Gasteiger partial charge is 0.116 e. The minimum Gasteiger partial charge on any atom is -0.126 e. The summed E-state index contributed by atoms with van der Waals surface area (Å²) in [4.78, 5) is 0. The Hall–Kier alpha value is 1.09. The quantitative estimate of drug-likeness (QED) is 0.510. The van der Waals surface area contributed by atoms with Crippen molar-refractivity contribution in [2.75, 3.05) is 0 Å². The molecule has 0 heterocycles. The Morgan fingerprint density at radius 3 is 1.73 bits per heavy atom. The van der Waals surface area contributed by atoms with Crippen LogP contribution in [0.25, 0.3) is 0 Å². The van der Waals surface area contributed by atoms with Gasteiger partial charge in [-0.1, -0.05) is 19.6 Å². The van der Waals surface area contributed by atoms with Crippen LogP contribution in [0.1, 0.15) is 13.3 Å². The van der Waals surface area contributed by atoms with Crippen LogP contribution in [0.4, 0.5) is 0 Å². The zero-order valence-electron chi connectivity index (χ0n) is 7.42. The highest BCUT2D eigenvalue weighted by Crippen LogP contribution is 2.31. The number of alkyl halides is 3. The summed E-state index contributed by atoms with van der Waals surface area (Å²) in [5, 5.41) is 0.155. The largest absolute Gasteiger partial charge is 0.126 e. The van der Waals surface area contributed by atoms with Crippen molar-refractivity contribution in [3.63, 3.8) is 0 Å². The molecule has 0 aliphatic carbocycles. The number of hydrogen-bond donors (Lipinski definition) is 0. The van der Waals surface area contributed by atoms with E-state index >= 15 is 0 Å². The Balaban J connectivity index is 3.99. The van der Waals surface area contributed by atoms with Gasteiger partial charge in [-0.25, -0.2) is 0 Å². The molecule has 0 spiro atoms. The van der Waals surface area contributed by atoms with Crippen molar-refractivity contribution in [3.8, 4) is 0 Å². The van der Waals surface area contributed by atoms with Gasteiger partial charge >= 0.3 is 0 Å². The third kappa shape index (κ3) is 6.27. The maximum Gasteiger partial charge on any atom is 0.116 e. The predicted octanol–water partition coefficient (Wildman–Crippen LogP) is 4.06. The van der Waals surface area contributed by atoms with Gasteiger partial charge in [-0.3, -0.25) is 0 Å². The molecule has 4 heteroatoms. The van der Waals surface area contributed by atoms with Gasteiger partial charge in [0.2, 0.25) is 0 Å². The Morgan fingerprint density at radius 2 is 1.64 bits per heavy atom. The topological polar surface area (TPSA) is 0 Å². The maximum atomic E-state index is 6.13. The number of rotatable bonds is 3. The molecule has 1 atom stereocenters. The molecule has 0 rings (SSSR count). The molecule has 0 aromatic carbocycles. The first-order chi connectivity index (χ1) is 4.63. The minimum absolute atomic E-state index is 0.155. The van der Waals surface area contributed by atoms with Gasteiger partial charge in [-0.2, -0.15) is 0 Å². The van der Waals surface area contributed by atoms with E-state index in [4.69, 9.17) is 34.8 Å². The fourth-order valence-electron chi connectivity index (χ4n) is 0.621. The normalized spacial score (nSPS) is 16.6. The van der Waals surface area contributed by atoms with E-state index in [9.17, 15) is 0 Å². The van der Waals surface area contributed by atoms with Crippen LogP contribution in [-0.2, 0) is 0 Å². The van der Waals surface area contributed by atoms with Gasteiger partial charge in [-0.05, 0) is 13.3 Å².